The van der Waals surface area contributed by atoms with Crippen molar-refractivity contribution in [2.24, 2.45) is 0 Å². The highest BCUT2D eigenvalue weighted by molar-refractivity contribution is 5.97. The number of benzene rings is 2. The highest BCUT2D eigenvalue weighted by Crippen LogP contribution is 2.30. The average molecular weight is 481 g/mol. The van der Waals surface area contributed by atoms with Gasteiger partial charge < -0.3 is 23.7 Å². The molecule has 2 aromatic carbocycles. The standard InChI is InChI=1S/C27H29FN2O5/c1-18-4-11-23(35-18)16-29(15-19-5-7-21(28)8-6-19)26(31)17-30(22-9-10-22)27(32)20-12-24(33-2)14-25(13-20)34-3/h4-8,11-14,22H,9-10,15-17H2,1-3H3. The Morgan fingerprint density at radius 2 is 1.63 bits per heavy atom. The molecule has 1 aliphatic rings. The van der Waals surface area contributed by atoms with Crippen molar-refractivity contribution in [3.8, 4) is 11.5 Å². The van der Waals surface area contributed by atoms with Crippen LogP contribution in [-0.2, 0) is 17.9 Å². The first-order chi connectivity index (χ1) is 16.9. The quantitative estimate of drug-likeness (QED) is 0.425. The summed E-state index contributed by atoms with van der Waals surface area (Å²) < 4.78 is 29.7. The number of rotatable bonds is 10. The van der Waals surface area contributed by atoms with Crippen LogP contribution in [0.15, 0.2) is 59.0 Å². The molecule has 1 aromatic heterocycles. The molecule has 35 heavy (non-hydrogen) atoms. The second-order valence-electron chi connectivity index (χ2n) is 8.65. The number of amides is 2. The lowest BCUT2D eigenvalue weighted by molar-refractivity contribution is -0.133. The van der Waals surface area contributed by atoms with Crippen molar-refractivity contribution in [3.63, 3.8) is 0 Å². The Bertz CT molecular complexity index is 1160. The van der Waals surface area contributed by atoms with Gasteiger partial charge in [0.15, 0.2) is 0 Å². The van der Waals surface area contributed by atoms with E-state index in [1.807, 2.05) is 19.1 Å². The molecule has 1 fully saturated rings. The summed E-state index contributed by atoms with van der Waals surface area (Å²) in [6.45, 7) is 2.26. The Hall–Kier alpha value is -3.81. The van der Waals surface area contributed by atoms with Crippen molar-refractivity contribution in [1.29, 1.82) is 0 Å². The Morgan fingerprint density at radius 1 is 0.971 bits per heavy atom. The van der Waals surface area contributed by atoms with Gasteiger partial charge in [0.1, 0.15) is 35.4 Å². The normalized spacial score (nSPS) is 12.8. The summed E-state index contributed by atoms with van der Waals surface area (Å²) in [5.74, 6) is 1.57. The number of halogens is 1. The third-order valence-electron chi connectivity index (χ3n) is 5.93. The van der Waals surface area contributed by atoms with E-state index in [1.165, 1.54) is 26.4 Å². The van der Waals surface area contributed by atoms with Crippen LogP contribution in [0.4, 0.5) is 4.39 Å². The van der Waals surface area contributed by atoms with Gasteiger partial charge in [-0.3, -0.25) is 9.59 Å². The maximum absolute atomic E-state index is 13.5. The van der Waals surface area contributed by atoms with Gasteiger partial charge in [0.2, 0.25) is 5.91 Å². The molecule has 7 nitrogen and oxygen atoms in total. The molecular weight excluding hydrogens is 451 g/mol. The smallest absolute Gasteiger partial charge is 0.254 e. The fourth-order valence-corrected chi connectivity index (χ4v) is 3.90. The largest absolute Gasteiger partial charge is 0.497 e. The summed E-state index contributed by atoms with van der Waals surface area (Å²) in [4.78, 5) is 30.2. The molecule has 0 aliphatic heterocycles. The third-order valence-corrected chi connectivity index (χ3v) is 5.93. The maximum Gasteiger partial charge on any atom is 0.254 e. The number of nitrogens with zero attached hydrogens (tertiary/aromatic N) is 2. The number of carbonyl (C=O) groups excluding carboxylic acids is 2. The Labute approximate surface area is 204 Å². The zero-order valence-corrected chi connectivity index (χ0v) is 20.1. The van der Waals surface area contributed by atoms with Crippen LogP contribution in [0.1, 0.15) is 40.3 Å². The van der Waals surface area contributed by atoms with Gasteiger partial charge in [0.25, 0.3) is 5.91 Å². The molecule has 0 atom stereocenters. The summed E-state index contributed by atoms with van der Waals surface area (Å²) in [5, 5.41) is 0. The van der Waals surface area contributed by atoms with Crippen molar-refractivity contribution in [2.45, 2.75) is 38.9 Å². The number of hydrogen-bond acceptors (Lipinski definition) is 5. The van der Waals surface area contributed by atoms with E-state index in [9.17, 15) is 14.0 Å². The first kappa shape index (κ1) is 24.3. The minimum Gasteiger partial charge on any atom is -0.497 e. The summed E-state index contributed by atoms with van der Waals surface area (Å²) >= 11 is 0. The van der Waals surface area contributed by atoms with Gasteiger partial charge in [-0.25, -0.2) is 4.39 Å². The van der Waals surface area contributed by atoms with E-state index in [2.05, 4.69) is 0 Å². The zero-order valence-electron chi connectivity index (χ0n) is 20.1. The summed E-state index contributed by atoms with van der Waals surface area (Å²) in [5.41, 5.74) is 1.18. The van der Waals surface area contributed by atoms with E-state index in [-0.39, 0.29) is 43.3 Å². The molecule has 0 bridgehead atoms. The topological polar surface area (TPSA) is 72.2 Å². The van der Waals surface area contributed by atoms with Gasteiger partial charge in [-0.05, 0) is 61.7 Å². The van der Waals surface area contributed by atoms with Crippen molar-refractivity contribution in [2.75, 3.05) is 20.8 Å². The summed E-state index contributed by atoms with van der Waals surface area (Å²) in [6.07, 6.45) is 1.69. The predicted molar refractivity (Wildman–Crippen MR) is 128 cm³/mol. The first-order valence-corrected chi connectivity index (χ1v) is 11.5. The molecule has 0 radical (unpaired) electrons. The number of furan rings is 1. The predicted octanol–water partition coefficient (Wildman–Crippen LogP) is 4.58. The van der Waals surface area contributed by atoms with Gasteiger partial charge in [-0.2, -0.15) is 0 Å². The lowest BCUT2D eigenvalue weighted by atomic mass is 10.1. The molecule has 0 spiro atoms. The van der Waals surface area contributed by atoms with Crippen LogP contribution in [0.2, 0.25) is 0 Å². The van der Waals surface area contributed by atoms with Crippen molar-refractivity contribution >= 4 is 11.8 Å². The Kier molecular flexibility index (Phi) is 7.39. The van der Waals surface area contributed by atoms with Gasteiger partial charge >= 0.3 is 0 Å². The SMILES string of the molecule is COc1cc(OC)cc(C(=O)N(CC(=O)N(Cc2ccc(F)cc2)Cc2ccc(C)o2)C2CC2)c1. The molecule has 1 heterocycles. The monoisotopic (exact) mass is 480 g/mol. The molecule has 1 saturated carbocycles. The number of carbonyl (C=O) groups is 2. The van der Waals surface area contributed by atoms with Crippen LogP contribution in [-0.4, -0.2) is 48.4 Å². The van der Waals surface area contributed by atoms with Gasteiger partial charge in [0.05, 0.1) is 20.8 Å². The molecule has 3 aromatic rings. The van der Waals surface area contributed by atoms with E-state index >= 15 is 0 Å². The van der Waals surface area contributed by atoms with Crippen LogP contribution in [0.5, 0.6) is 11.5 Å². The Morgan fingerprint density at radius 3 is 2.17 bits per heavy atom. The van der Waals surface area contributed by atoms with Crippen molar-refractivity contribution in [1.82, 2.24) is 9.80 Å². The van der Waals surface area contributed by atoms with Gasteiger partial charge in [0, 0.05) is 24.2 Å². The van der Waals surface area contributed by atoms with E-state index in [0.717, 1.165) is 24.2 Å². The second kappa shape index (κ2) is 10.6. The average Bonchev–Trinajstić information content (AvgIpc) is 3.63. The molecule has 184 valence electrons. The fraction of sp³-hybridized carbons (Fsp3) is 0.333. The maximum atomic E-state index is 13.5. The van der Waals surface area contributed by atoms with Crippen LogP contribution in [0.25, 0.3) is 0 Å². The minimum atomic E-state index is -0.340. The number of ether oxygens (including phenoxy) is 2. The minimum absolute atomic E-state index is 0.00201. The van der Waals surface area contributed by atoms with E-state index in [4.69, 9.17) is 13.9 Å². The molecule has 2 amide bonds. The molecule has 8 heteroatoms. The zero-order chi connectivity index (χ0) is 24.9. The van der Waals surface area contributed by atoms with Crippen molar-refractivity contribution in [3.05, 3.63) is 83.1 Å². The lowest BCUT2D eigenvalue weighted by Gasteiger charge is -2.27. The molecule has 1 aliphatic carbocycles. The number of methoxy groups -OCH3 is 2. The molecule has 0 unspecified atom stereocenters. The fourth-order valence-electron chi connectivity index (χ4n) is 3.90. The summed E-state index contributed by atoms with van der Waals surface area (Å²) in [7, 11) is 3.05. The van der Waals surface area contributed by atoms with Crippen LogP contribution >= 0.6 is 0 Å². The Balaban J connectivity index is 1.56. The van der Waals surface area contributed by atoms with Crippen LogP contribution in [0.3, 0.4) is 0 Å². The number of hydrogen-bond donors (Lipinski definition) is 0. The molecule has 0 N–H and O–H groups in total. The molecular formula is C27H29FN2O5. The number of aryl methyl sites for hydroxylation is 1. The molecule has 4 rings (SSSR count). The van der Waals surface area contributed by atoms with Crippen LogP contribution < -0.4 is 9.47 Å². The van der Waals surface area contributed by atoms with Crippen molar-refractivity contribution < 1.29 is 27.9 Å². The highest BCUT2D eigenvalue weighted by atomic mass is 19.1. The van der Waals surface area contributed by atoms with E-state index in [0.29, 0.717) is 22.8 Å². The lowest BCUT2D eigenvalue weighted by Crippen LogP contribution is -2.43. The third kappa shape index (κ3) is 6.20. The molecule has 0 saturated heterocycles. The van der Waals surface area contributed by atoms with Gasteiger partial charge in [-0.1, -0.05) is 12.1 Å². The van der Waals surface area contributed by atoms with Crippen LogP contribution in [0, 0.1) is 12.7 Å². The highest BCUT2D eigenvalue weighted by Gasteiger charge is 2.35. The first-order valence-electron chi connectivity index (χ1n) is 11.5. The van der Waals surface area contributed by atoms with Gasteiger partial charge in [-0.15, -0.1) is 0 Å². The summed E-state index contributed by atoms with van der Waals surface area (Å²) in [6, 6.07) is 14.7. The second-order valence-corrected chi connectivity index (χ2v) is 8.65. The van der Waals surface area contributed by atoms with E-state index < -0.39 is 0 Å². The van der Waals surface area contributed by atoms with E-state index in [1.54, 1.807) is 40.1 Å².